The zero-order chi connectivity index (χ0) is 11.6. The maximum atomic E-state index is 12.6. The molecule has 2 nitrogen and oxygen atoms in total. The summed E-state index contributed by atoms with van der Waals surface area (Å²) in [7, 11) is 1.60. The Morgan fingerprint density at radius 3 is 2.40 bits per heavy atom. The van der Waals surface area contributed by atoms with E-state index in [9.17, 15) is 13.2 Å². The molecule has 0 radical (unpaired) electrons. The van der Waals surface area contributed by atoms with Crippen molar-refractivity contribution in [2.24, 2.45) is 0 Å². The highest BCUT2D eigenvalue weighted by Crippen LogP contribution is 2.37. The standard InChI is InChI=1S/C10H13F3N2/c1-3-15(2)9-6-7(14)4-5-8(9)10(11,12)13/h4-6H,3,14H2,1-2H3. The lowest BCUT2D eigenvalue weighted by Gasteiger charge is -2.22. The van der Waals surface area contributed by atoms with Gasteiger partial charge < -0.3 is 10.6 Å². The Morgan fingerprint density at radius 2 is 1.93 bits per heavy atom. The van der Waals surface area contributed by atoms with E-state index in [1.54, 1.807) is 14.0 Å². The van der Waals surface area contributed by atoms with Crippen LogP contribution in [0.25, 0.3) is 0 Å². The van der Waals surface area contributed by atoms with E-state index >= 15 is 0 Å². The predicted molar refractivity (Wildman–Crippen MR) is 54.8 cm³/mol. The molecule has 0 saturated carbocycles. The van der Waals surface area contributed by atoms with Gasteiger partial charge in [0.2, 0.25) is 0 Å². The van der Waals surface area contributed by atoms with E-state index in [4.69, 9.17) is 5.73 Å². The molecule has 1 aromatic rings. The molecule has 0 atom stereocenters. The molecule has 5 heteroatoms. The lowest BCUT2D eigenvalue weighted by Crippen LogP contribution is -2.20. The maximum Gasteiger partial charge on any atom is 0.418 e. The first-order valence-electron chi connectivity index (χ1n) is 4.54. The molecule has 0 amide bonds. The summed E-state index contributed by atoms with van der Waals surface area (Å²) in [6, 6.07) is 3.61. The van der Waals surface area contributed by atoms with Gasteiger partial charge in [0.05, 0.1) is 11.3 Å². The average molecular weight is 218 g/mol. The number of nitrogens with two attached hydrogens (primary N) is 1. The fraction of sp³-hybridized carbons (Fsp3) is 0.400. The Morgan fingerprint density at radius 1 is 1.33 bits per heavy atom. The van der Waals surface area contributed by atoms with Crippen molar-refractivity contribution >= 4 is 11.4 Å². The minimum absolute atomic E-state index is 0.116. The van der Waals surface area contributed by atoms with E-state index in [0.717, 1.165) is 6.07 Å². The monoisotopic (exact) mass is 218 g/mol. The maximum absolute atomic E-state index is 12.6. The molecular formula is C10H13F3N2. The van der Waals surface area contributed by atoms with Gasteiger partial charge >= 0.3 is 6.18 Å². The van der Waals surface area contributed by atoms with E-state index in [-0.39, 0.29) is 5.69 Å². The second kappa shape index (κ2) is 4.00. The molecule has 0 aliphatic carbocycles. The third-order valence-electron chi connectivity index (χ3n) is 2.21. The highest BCUT2D eigenvalue weighted by atomic mass is 19.4. The molecule has 0 fully saturated rings. The molecule has 1 aromatic carbocycles. The van der Waals surface area contributed by atoms with Crippen LogP contribution in [0.3, 0.4) is 0 Å². The molecule has 84 valence electrons. The molecule has 0 bridgehead atoms. The number of halogens is 3. The van der Waals surface area contributed by atoms with Gasteiger partial charge in [-0.3, -0.25) is 0 Å². The van der Waals surface area contributed by atoms with Crippen LogP contribution < -0.4 is 10.6 Å². The Hall–Kier alpha value is -1.39. The van der Waals surface area contributed by atoms with Gasteiger partial charge in [-0.05, 0) is 25.1 Å². The highest BCUT2D eigenvalue weighted by Gasteiger charge is 2.34. The quantitative estimate of drug-likeness (QED) is 0.773. The van der Waals surface area contributed by atoms with Gasteiger partial charge in [0.25, 0.3) is 0 Å². The van der Waals surface area contributed by atoms with Crippen molar-refractivity contribution in [3.8, 4) is 0 Å². The fourth-order valence-electron chi connectivity index (χ4n) is 1.27. The molecule has 1 rings (SSSR count). The zero-order valence-electron chi connectivity index (χ0n) is 8.60. The van der Waals surface area contributed by atoms with Gasteiger partial charge in [-0.2, -0.15) is 13.2 Å². The smallest absolute Gasteiger partial charge is 0.399 e. The van der Waals surface area contributed by atoms with Crippen molar-refractivity contribution in [3.05, 3.63) is 23.8 Å². The number of nitrogen functional groups attached to an aromatic ring is 1. The molecular weight excluding hydrogens is 205 g/mol. The first-order chi connectivity index (χ1) is 6.86. The van der Waals surface area contributed by atoms with Gasteiger partial charge in [-0.25, -0.2) is 0 Å². The van der Waals surface area contributed by atoms with E-state index in [1.165, 1.54) is 17.0 Å². The molecule has 0 aromatic heterocycles. The second-order valence-corrected chi connectivity index (χ2v) is 3.29. The number of hydrogen-bond acceptors (Lipinski definition) is 2. The Kier molecular flexibility index (Phi) is 3.12. The fourth-order valence-corrected chi connectivity index (χ4v) is 1.27. The minimum Gasteiger partial charge on any atom is -0.399 e. The van der Waals surface area contributed by atoms with Gasteiger partial charge in [0, 0.05) is 19.3 Å². The van der Waals surface area contributed by atoms with Crippen molar-refractivity contribution in [2.45, 2.75) is 13.1 Å². The third kappa shape index (κ3) is 2.55. The normalized spacial score (nSPS) is 11.5. The van der Waals surface area contributed by atoms with Gasteiger partial charge in [0.15, 0.2) is 0 Å². The number of nitrogens with zero attached hydrogens (tertiary/aromatic N) is 1. The third-order valence-corrected chi connectivity index (χ3v) is 2.21. The lowest BCUT2D eigenvalue weighted by atomic mass is 10.1. The van der Waals surface area contributed by atoms with Gasteiger partial charge in [-0.15, -0.1) is 0 Å². The van der Waals surface area contributed by atoms with Crippen molar-refractivity contribution < 1.29 is 13.2 Å². The molecule has 2 N–H and O–H groups in total. The van der Waals surface area contributed by atoms with Crippen LogP contribution in [0.5, 0.6) is 0 Å². The van der Waals surface area contributed by atoms with Crippen molar-refractivity contribution in [3.63, 3.8) is 0 Å². The first-order valence-corrected chi connectivity index (χ1v) is 4.54. The largest absolute Gasteiger partial charge is 0.418 e. The predicted octanol–water partition coefficient (Wildman–Crippen LogP) is 2.74. The zero-order valence-corrected chi connectivity index (χ0v) is 8.60. The van der Waals surface area contributed by atoms with Crippen molar-refractivity contribution in [1.82, 2.24) is 0 Å². The summed E-state index contributed by atoms with van der Waals surface area (Å²) < 4.78 is 37.8. The van der Waals surface area contributed by atoms with Crippen LogP contribution in [0.4, 0.5) is 24.5 Å². The Labute approximate surface area is 86.5 Å². The summed E-state index contributed by atoms with van der Waals surface area (Å²) in [6.07, 6.45) is -4.34. The Bertz CT molecular complexity index is 347. The molecule has 0 heterocycles. The average Bonchev–Trinajstić information content (AvgIpc) is 2.14. The summed E-state index contributed by atoms with van der Waals surface area (Å²) in [5.74, 6) is 0. The van der Waals surface area contributed by atoms with Crippen LogP contribution in [0.1, 0.15) is 12.5 Å². The highest BCUT2D eigenvalue weighted by molar-refractivity contribution is 5.61. The summed E-state index contributed by atoms with van der Waals surface area (Å²) >= 11 is 0. The van der Waals surface area contributed by atoms with Crippen LogP contribution in [-0.4, -0.2) is 13.6 Å². The molecule has 0 unspecified atom stereocenters. The van der Waals surface area contributed by atoms with E-state index in [0.29, 0.717) is 12.2 Å². The molecule has 0 saturated heterocycles. The van der Waals surface area contributed by atoms with E-state index in [2.05, 4.69) is 0 Å². The molecule has 0 aliphatic rings. The molecule has 0 aliphatic heterocycles. The first kappa shape index (κ1) is 11.7. The number of hydrogen-bond donors (Lipinski definition) is 1. The summed E-state index contributed by atoms with van der Waals surface area (Å²) in [4.78, 5) is 1.51. The van der Waals surface area contributed by atoms with Crippen LogP contribution in [0.15, 0.2) is 18.2 Å². The molecule has 15 heavy (non-hydrogen) atoms. The van der Waals surface area contributed by atoms with Crippen molar-refractivity contribution in [2.75, 3.05) is 24.2 Å². The van der Waals surface area contributed by atoms with Gasteiger partial charge in [-0.1, -0.05) is 0 Å². The van der Waals surface area contributed by atoms with Gasteiger partial charge in [0.1, 0.15) is 0 Å². The number of benzene rings is 1. The SMILES string of the molecule is CCN(C)c1cc(N)ccc1C(F)(F)F. The second-order valence-electron chi connectivity index (χ2n) is 3.29. The van der Waals surface area contributed by atoms with E-state index in [1.807, 2.05) is 0 Å². The number of alkyl halides is 3. The minimum atomic E-state index is -4.34. The van der Waals surface area contributed by atoms with E-state index < -0.39 is 11.7 Å². The summed E-state index contributed by atoms with van der Waals surface area (Å²) in [6.45, 7) is 2.27. The summed E-state index contributed by atoms with van der Waals surface area (Å²) in [5.41, 5.74) is 5.26. The summed E-state index contributed by atoms with van der Waals surface area (Å²) in [5, 5.41) is 0. The number of anilines is 2. The van der Waals surface area contributed by atoms with Crippen LogP contribution in [0, 0.1) is 0 Å². The Balaban J connectivity index is 3.27. The van der Waals surface area contributed by atoms with Crippen LogP contribution in [-0.2, 0) is 6.18 Å². The van der Waals surface area contributed by atoms with Crippen LogP contribution >= 0.6 is 0 Å². The number of rotatable bonds is 2. The molecule has 0 spiro atoms. The van der Waals surface area contributed by atoms with Crippen molar-refractivity contribution in [1.29, 1.82) is 0 Å². The van der Waals surface area contributed by atoms with Crippen LogP contribution in [0.2, 0.25) is 0 Å². The lowest BCUT2D eigenvalue weighted by molar-refractivity contribution is -0.137. The topological polar surface area (TPSA) is 29.3 Å².